The number of benzene rings is 1. The highest BCUT2D eigenvalue weighted by Gasteiger charge is 2.28. The van der Waals surface area contributed by atoms with Crippen molar-refractivity contribution in [2.24, 2.45) is 5.92 Å². The molecule has 1 aliphatic heterocycles. The second-order valence-corrected chi connectivity index (χ2v) is 7.64. The molecule has 1 heterocycles. The maximum absolute atomic E-state index is 12.1. The van der Waals surface area contributed by atoms with Crippen molar-refractivity contribution in [1.82, 2.24) is 0 Å². The van der Waals surface area contributed by atoms with E-state index in [-0.39, 0.29) is 23.0 Å². The van der Waals surface area contributed by atoms with E-state index in [2.05, 4.69) is 0 Å². The summed E-state index contributed by atoms with van der Waals surface area (Å²) in [6.07, 6.45) is 1.85. The van der Waals surface area contributed by atoms with Crippen LogP contribution >= 0.6 is 0 Å². The van der Waals surface area contributed by atoms with Crippen LogP contribution in [-0.4, -0.2) is 27.2 Å². The summed E-state index contributed by atoms with van der Waals surface area (Å²) in [6, 6.07) is 6.68. The molecule has 0 bridgehead atoms. The van der Waals surface area contributed by atoms with E-state index in [0.717, 1.165) is 18.4 Å². The summed E-state index contributed by atoms with van der Waals surface area (Å²) < 4.78 is 34.9. The van der Waals surface area contributed by atoms with Crippen molar-refractivity contribution in [3.05, 3.63) is 29.8 Å². The van der Waals surface area contributed by atoms with E-state index in [1.54, 1.807) is 24.3 Å². The normalized spacial score (nSPS) is 22.6. The topological polar surface area (TPSA) is 52.6 Å². The highest BCUT2D eigenvalue weighted by molar-refractivity contribution is 7.86. The van der Waals surface area contributed by atoms with Crippen LogP contribution in [0.5, 0.6) is 0 Å². The summed E-state index contributed by atoms with van der Waals surface area (Å²) in [5, 5.41) is 0. The van der Waals surface area contributed by atoms with E-state index in [9.17, 15) is 8.42 Å². The van der Waals surface area contributed by atoms with Crippen LogP contribution in [0, 0.1) is 12.8 Å². The van der Waals surface area contributed by atoms with Gasteiger partial charge < -0.3 is 4.74 Å². The number of aryl methyl sites for hydroxylation is 1. The highest BCUT2D eigenvalue weighted by atomic mass is 32.2. The van der Waals surface area contributed by atoms with Crippen molar-refractivity contribution < 1.29 is 17.3 Å². The fourth-order valence-corrected chi connectivity index (χ4v) is 3.12. The van der Waals surface area contributed by atoms with E-state index in [4.69, 9.17) is 8.92 Å². The fourth-order valence-electron chi connectivity index (χ4n) is 2.14. The highest BCUT2D eigenvalue weighted by Crippen LogP contribution is 2.28. The van der Waals surface area contributed by atoms with Gasteiger partial charge in [-0.3, -0.25) is 4.18 Å². The van der Waals surface area contributed by atoms with E-state index in [1.165, 1.54) is 0 Å². The Kier molecular flexibility index (Phi) is 4.52. The van der Waals surface area contributed by atoms with Crippen molar-refractivity contribution in [1.29, 1.82) is 0 Å². The standard InChI is InChI=1S/C15H22O4S/c1-12-4-6-14(7-5-12)20(16,17)19-11-13-8-9-15(2,3)18-10-13/h4-7,13H,8-11H2,1-3H3/t13-/m1/s1. The largest absolute Gasteiger partial charge is 0.375 e. The molecule has 1 fully saturated rings. The van der Waals surface area contributed by atoms with Crippen molar-refractivity contribution in [3.8, 4) is 0 Å². The summed E-state index contributed by atoms with van der Waals surface area (Å²) in [7, 11) is -3.66. The second kappa shape index (κ2) is 5.84. The molecule has 112 valence electrons. The first-order chi connectivity index (χ1) is 9.28. The summed E-state index contributed by atoms with van der Waals surface area (Å²) in [5.74, 6) is 0.142. The van der Waals surface area contributed by atoms with Gasteiger partial charge in [0, 0.05) is 5.92 Å². The summed E-state index contributed by atoms with van der Waals surface area (Å²) in [4.78, 5) is 0.208. The summed E-state index contributed by atoms with van der Waals surface area (Å²) >= 11 is 0. The summed E-state index contributed by atoms with van der Waals surface area (Å²) in [5.41, 5.74) is 0.915. The molecule has 0 saturated carbocycles. The van der Waals surface area contributed by atoms with Gasteiger partial charge in [-0.2, -0.15) is 8.42 Å². The van der Waals surface area contributed by atoms with Crippen LogP contribution in [0.3, 0.4) is 0 Å². The zero-order chi connectivity index (χ0) is 14.8. The molecule has 0 radical (unpaired) electrons. The minimum absolute atomic E-state index is 0.105. The molecular weight excluding hydrogens is 276 g/mol. The van der Waals surface area contributed by atoms with Gasteiger partial charge in [-0.05, 0) is 45.7 Å². The van der Waals surface area contributed by atoms with Crippen molar-refractivity contribution >= 4 is 10.1 Å². The zero-order valence-corrected chi connectivity index (χ0v) is 13.1. The van der Waals surface area contributed by atoms with E-state index in [1.807, 2.05) is 20.8 Å². The Balaban J connectivity index is 1.92. The Labute approximate surface area is 121 Å². The van der Waals surface area contributed by atoms with Crippen LogP contribution < -0.4 is 0 Å². The minimum Gasteiger partial charge on any atom is -0.375 e. The number of rotatable bonds is 4. The first-order valence-electron chi connectivity index (χ1n) is 6.89. The fraction of sp³-hybridized carbons (Fsp3) is 0.600. The third kappa shape index (κ3) is 4.04. The smallest absolute Gasteiger partial charge is 0.296 e. The van der Waals surface area contributed by atoms with Crippen molar-refractivity contribution in [3.63, 3.8) is 0 Å². The Morgan fingerprint density at radius 3 is 2.50 bits per heavy atom. The molecular formula is C15H22O4S. The lowest BCUT2D eigenvalue weighted by Crippen LogP contribution is -2.35. The molecule has 1 aliphatic rings. The van der Waals surface area contributed by atoms with E-state index < -0.39 is 10.1 Å². The molecule has 0 aliphatic carbocycles. The summed E-state index contributed by atoms with van der Waals surface area (Å²) in [6.45, 7) is 6.75. The monoisotopic (exact) mass is 298 g/mol. The first-order valence-corrected chi connectivity index (χ1v) is 8.29. The maximum atomic E-state index is 12.1. The molecule has 1 atom stereocenters. The first kappa shape index (κ1) is 15.5. The van der Waals surface area contributed by atoms with E-state index >= 15 is 0 Å². The predicted molar refractivity (Wildman–Crippen MR) is 77.1 cm³/mol. The van der Waals surface area contributed by atoms with Crippen LogP contribution in [0.1, 0.15) is 32.3 Å². The average Bonchev–Trinajstić information content (AvgIpc) is 2.38. The lowest BCUT2D eigenvalue weighted by molar-refractivity contribution is -0.0829. The van der Waals surface area contributed by atoms with Gasteiger partial charge in [0.15, 0.2) is 0 Å². The van der Waals surface area contributed by atoms with Gasteiger partial charge in [0.05, 0.1) is 23.7 Å². The van der Waals surface area contributed by atoms with Gasteiger partial charge in [0.25, 0.3) is 10.1 Å². The number of ether oxygens (including phenoxy) is 1. The molecule has 0 amide bonds. The SMILES string of the molecule is Cc1ccc(S(=O)(=O)OC[C@@H]2CCC(C)(C)OC2)cc1. The zero-order valence-electron chi connectivity index (χ0n) is 12.3. The number of hydrogen-bond donors (Lipinski definition) is 0. The molecule has 0 N–H and O–H groups in total. The Hall–Kier alpha value is -0.910. The van der Waals surface area contributed by atoms with Crippen LogP contribution in [-0.2, 0) is 19.0 Å². The van der Waals surface area contributed by atoms with E-state index in [0.29, 0.717) is 6.61 Å². The van der Waals surface area contributed by atoms with Gasteiger partial charge in [0.2, 0.25) is 0 Å². The Morgan fingerprint density at radius 1 is 1.30 bits per heavy atom. The Morgan fingerprint density at radius 2 is 1.95 bits per heavy atom. The van der Waals surface area contributed by atoms with Crippen LogP contribution in [0.15, 0.2) is 29.2 Å². The lowest BCUT2D eigenvalue weighted by Gasteiger charge is -2.34. The maximum Gasteiger partial charge on any atom is 0.296 e. The molecule has 5 heteroatoms. The van der Waals surface area contributed by atoms with Gasteiger partial charge in [0.1, 0.15) is 0 Å². The van der Waals surface area contributed by atoms with Gasteiger partial charge in [-0.15, -0.1) is 0 Å². The van der Waals surface area contributed by atoms with Crippen LogP contribution in [0.25, 0.3) is 0 Å². The second-order valence-electron chi connectivity index (χ2n) is 6.03. The van der Waals surface area contributed by atoms with Crippen LogP contribution in [0.4, 0.5) is 0 Å². The third-order valence-electron chi connectivity index (χ3n) is 3.63. The Bertz CT molecular complexity index is 536. The van der Waals surface area contributed by atoms with Gasteiger partial charge >= 0.3 is 0 Å². The third-order valence-corrected chi connectivity index (χ3v) is 4.93. The molecule has 1 aromatic rings. The molecule has 1 aromatic carbocycles. The van der Waals surface area contributed by atoms with Gasteiger partial charge in [-0.25, -0.2) is 0 Å². The molecule has 0 aromatic heterocycles. The number of hydrogen-bond acceptors (Lipinski definition) is 4. The van der Waals surface area contributed by atoms with Crippen LogP contribution in [0.2, 0.25) is 0 Å². The average molecular weight is 298 g/mol. The molecule has 4 nitrogen and oxygen atoms in total. The molecule has 2 rings (SSSR count). The molecule has 20 heavy (non-hydrogen) atoms. The quantitative estimate of drug-likeness (QED) is 0.802. The predicted octanol–water partition coefficient (Wildman–Crippen LogP) is 2.91. The lowest BCUT2D eigenvalue weighted by atomic mass is 9.92. The molecule has 1 saturated heterocycles. The van der Waals surface area contributed by atoms with Crippen molar-refractivity contribution in [2.75, 3.05) is 13.2 Å². The van der Waals surface area contributed by atoms with Crippen molar-refractivity contribution in [2.45, 2.75) is 44.1 Å². The minimum atomic E-state index is -3.66. The van der Waals surface area contributed by atoms with Gasteiger partial charge in [-0.1, -0.05) is 17.7 Å². The molecule has 0 spiro atoms. The molecule has 0 unspecified atom stereocenters.